The molecule has 0 unspecified atom stereocenters. The van der Waals surface area contributed by atoms with Crippen molar-refractivity contribution in [2.75, 3.05) is 54.1 Å². The number of aryl methyl sites for hydroxylation is 2. The maximum absolute atomic E-state index is 12.2. The van der Waals surface area contributed by atoms with E-state index in [9.17, 15) is 4.79 Å². The minimum Gasteiger partial charge on any atom is -0.367 e. The molecular formula is C26H30ClN7O. The summed E-state index contributed by atoms with van der Waals surface area (Å²) in [6.45, 7) is 11.3. The number of anilines is 6. The second-order valence-corrected chi connectivity index (χ2v) is 9.03. The normalized spacial score (nSPS) is 13.9. The van der Waals surface area contributed by atoms with E-state index in [0.717, 1.165) is 54.4 Å². The van der Waals surface area contributed by atoms with Gasteiger partial charge in [-0.2, -0.15) is 4.98 Å². The Balaban J connectivity index is 1.63. The van der Waals surface area contributed by atoms with Crippen molar-refractivity contribution in [1.82, 2.24) is 14.9 Å². The SMILES string of the molecule is C=CC(=O)Nc1cc(Nc2ncc(Cl)c(Nc3ccccc3C)n2)c(C)cc1N1CCN(C)CC1. The summed E-state index contributed by atoms with van der Waals surface area (Å²) in [5, 5.41) is 9.94. The van der Waals surface area contributed by atoms with E-state index in [4.69, 9.17) is 11.6 Å². The van der Waals surface area contributed by atoms with Crippen LogP contribution in [0.25, 0.3) is 0 Å². The summed E-state index contributed by atoms with van der Waals surface area (Å²) in [5.41, 5.74) is 5.47. The molecule has 35 heavy (non-hydrogen) atoms. The topological polar surface area (TPSA) is 85.4 Å². The summed E-state index contributed by atoms with van der Waals surface area (Å²) in [5.74, 6) is 0.634. The van der Waals surface area contributed by atoms with Gasteiger partial charge >= 0.3 is 0 Å². The number of halogens is 1. The Labute approximate surface area is 211 Å². The molecular weight excluding hydrogens is 462 g/mol. The van der Waals surface area contributed by atoms with Crippen molar-refractivity contribution in [3.8, 4) is 0 Å². The number of hydrogen-bond donors (Lipinski definition) is 3. The summed E-state index contributed by atoms with van der Waals surface area (Å²) < 4.78 is 0. The molecule has 1 aliphatic rings. The van der Waals surface area contributed by atoms with Crippen LogP contribution in [0.3, 0.4) is 0 Å². The molecule has 2 aromatic carbocycles. The van der Waals surface area contributed by atoms with Gasteiger partial charge in [0.05, 0.1) is 17.6 Å². The Morgan fingerprint density at radius 2 is 1.77 bits per heavy atom. The standard InChI is InChI=1S/C26H30ClN7O/c1-5-24(35)29-22-15-21(18(3)14-23(22)34-12-10-33(4)11-13-34)31-26-28-16-19(27)25(32-26)30-20-9-7-6-8-17(20)2/h5-9,14-16H,1,10-13H2,2-4H3,(H,29,35)(H2,28,30,31,32). The van der Waals surface area contributed by atoms with Gasteiger partial charge in [0, 0.05) is 37.6 Å². The van der Waals surface area contributed by atoms with E-state index in [1.807, 2.05) is 44.2 Å². The summed E-state index contributed by atoms with van der Waals surface area (Å²) in [4.78, 5) is 25.7. The summed E-state index contributed by atoms with van der Waals surface area (Å²) in [6.07, 6.45) is 2.83. The predicted octanol–water partition coefficient (Wildman–Crippen LogP) is 5.11. The fraction of sp³-hybridized carbons (Fsp3) is 0.269. The second kappa shape index (κ2) is 10.8. The highest BCUT2D eigenvalue weighted by Crippen LogP contribution is 2.34. The molecule has 1 fully saturated rings. The van der Waals surface area contributed by atoms with Gasteiger partial charge in [-0.3, -0.25) is 4.79 Å². The lowest BCUT2D eigenvalue weighted by atomic mass is 10.1. The van der Waals surface area contributed by atoms with Gasteiger partial charge in [0.15, 0.2) is 5.82 Å². The van der Waals surface area contributed by atoms with Crippen molar-refractivity contribution in [2.24, 2.45) is 0 Å². The Morgan fingerprint density at radius 3 is 2.49 bits per heavy atom. The lowest BCUT2D eigenvalue weighted by molar-refractivity contribution is -0.111. The number of benzene rings is 2. The lowest BCUT2D eigenvalue weighted by Crippen LogP contribution is -2.44. The zero-order valence-corrected chi connectivity index (χ0v) is 21.0. The Bertz CT molecular complexity index is 1240. The lowest BCUT2D eigenvalue weighted by Gasteiger charge is -2.35. The maximum Gasteiger partial charge on any atom is 0.247 e. The molecule has 0 bridgehead atoms. The number of likely N-dealkylation sites (N-methyl/N-ethyl adjacent to an activating group) is 1. The van der Waals surface area contributed by atoms with E-state index in [1.165, 1.54) is 6.08 Å². The average Bonchev–Trinajstić information content (AvgIpc) is 2.85. The monoisotopic (exact) mass is 491 g/mol. The van der Waals surface area contributed by atoms with E-state index in [1.54, 1.807) is 6.20 Å². The molecule has 0 atom stereocenters. The minimum absolute atomic E-state index is 0.261. The second-order valence-electron chi connectivity index (χ2n) is 8.62. The molecule has 0 aliphatic carbocycles. The van der Waals surface area contributed by atoms with Crippen LogP contribution in [0.4, 0.5) is 34.5 Å². The molecule has 8 nitrogen and oxygen atoms in total. The van der Waals surface area contributed by atoms with Gasteiger partial charge in [-0.05, 0) is 56.3 Å². The van der Waals surface area contributed by atoms with Crippen molar-refractivity contribution < 1.29 is 4.79 Å². The minimum atomic E-state index is -0.261. The van der Waals surface area contributed by atoms with Crippen LogP contribution in [0.2, 0.25) is 5.02 Å². The molecule has 4 rings (SSSR count). The molecule has 3 aromatic rings. The number of nitrogens with one attached hydrogen (secondary N) is 3. The van der Waals surface area contributed by atoms with Gasteiger partial charge in [0.2, 0.25) is 11.9 Å². The van der Waals surface area contributed by atoms with Crippen LogP contribution in [0.15, 0.2) is 55.3 Å². The molecule has 1 amide bonds. The predicted molar refractivity (Wildman–Crippen MR) is 145 cm³/mol. The highest BCUT2D eigenvalue weighted by molar-refractivity contribution is 6.32. The van der Waals surface area contributed by atoms with Crippen LogP contribution in [-0.2, 0) is 4.79 Å². The molecule has 0 saturated carbocycles. The largest absolute Gasteiger partial charge is 0.367 e. The van der Waals surface area contributed by atoms with Crippen LogP contribution >= 0.6 is 11.6 Å². The smallest absolute Gasteiger partial charge is 0.247 e. The number of aromatic nitrogens is 2. The fourth-order valence-corrected chi connectivity index (χ4v) is 4.03. The van der Waals surface area contributed by atoms with Gasteiger partial charge in [0.25, 0.3) is 0 Å². The first kappa shape index (κ1) is 24.5. The zero-order chi connectivity index (χ0) is 24.9. The van der Waals surface area contributed by atoms with E-state index >= 15 is 0 Å². The van der Waals surface area contributed by atoms with Crippen molar-refractivity contribution >= 4 is 52.0 Å². The number of hydrogen-bond acceptors (Lipinski definition) is 7. The molecule has 1 saturated heterocycles. The third kappa shape index (κ3) is 5.90. The summed E-state index contributed by atoms with van der Waals surface area (Å²) >= 11 is 6.37. The van der Waals surface area contributed by atoms with Gasteiger partial charge in [0.1, 0.15) is 5.02 Å². The molecule has 0 radical (unpaired) electrons. The number of carbonyl (C=O) groups is 1. The van der Waals surface area contributed by atoms with Crippen LogP contribution in [0, 0.1) is 13.8 Å². The van der Waals surface area contributed by atoms with Gasteiger partial charge in [-0.25, -0.2) is 4.98 Å². The van der Waals surface area contributed by atoms with E-state index in [2.05, 4.69) is 55.4 Å². The van der Waals surface area contributed by atoms with Crippen LogP contribution in [0.5, 0.6) is 0 Å². The van der Waals surface area contributed by atoms with Crippen molar-refractivity contribution in [3.05, 3.63) is 71.4 Å². The fourth-order valence-electron chi connectivity index (χ4n) is 3.90. The third-order valence-corrected chi connectivity index (χ3v) is 6.30. The van der Waals surface area contributed by atoms with E-state index in [0.29, 0.717) is 22.5 Å². The number of para-hydroxylation sites is 1. The number of amides is 1. The molecule has 9 heteroatoms. The molecule has 0 spiro atoms. The maximum atomic E-state index is 12.2. The van der Waals surface area contributed by atoms with E-state index in [-0.39, 0.29) is 5.91 Å². The number of carbonyl (C=O) groups excluding carboxylic acids is 1. The Morgan fingerprint density at radius 1 is 1.03 bits per heavy atom. The molecule has 3 N–H and O–H groups in total. The Hall–Kier alpha value is -3.62. The highest BCUT2D eigenvalue weighted by Gasteiger charge is 2.20. The zero-order valence-electron chi connectivity index (χ0n) is 20.2. The number of rotatable bonds is 7. The molecule has 1 aromatic heterocycles. The average molecular weight is 492 g/mol. The summed E-state index contributed by atoms with van der Waals surface area (Å²) in [7, 11) is 2.12. The van der Waals surface area contributed by atoms with Crippen LogP contribution < -0.4 is 20.9 Å². The summed E-state index contributed by atoms with van der Waals surface area (Å²) in [6, 6.07) is 11.9. The first-order chi connectivity index (χ1) is 16.8. The van der Waals surface area contributed by atoms with Crippen molar-refractivity contribution in [3.63, 3.8) is 0 Å². The van der Waals surface area contributed by atoms with Crippen molar-refractivity contribution in [1.29, 1.82) is 0 Å². The molecule has 182 valence electrons. The third-order valence-electron chi connectivity index (χ3n) is 6.02. The Kier molecular flexibility index (Phi) is 7.53. The van der Waals surface area contributed by atoms with Gasteiger partial charge < -0.3 is 25.8 Å². The number of nitrogens with zero attached hydrogens (tertiary/aromatic N) is 4. The quantitative estimate of drug-likeness (QED) is 0.396. The molecule has 2 heterocycles. The first-order valence-corrected chi connectivity index (χ1v) is 11.9. The molecule has 1 aliphatic heterocycles. The van der Waals surface area contributed by atoms with Gasteiger partial charge in [-0.1, -0.05) is 36.4 Å². The number of piperazine rings is 1. The highest BCUT2D eigenvalue weighted by atomic mass is 35.5. The van der Waals surface area contributed by atoms with Crippen LogP contribution in [0.1, 0.15) is 11.1 Å². The first-order valence-electron chi connectivity index (χ1n) is 11.5. The van der Waals surface area contributed by atoms with Gasteiger partial charge in [-0.15, -0.1) is 0 Å². The van der Waals surface area contributed by atoms with E-state index < -0.39 is 0 Å². The van der Waals surface area contributed by atoms with Crippen LogP contribution in [-0.4, -0.2) is 54.0 Å². The van der Waals surface area contributed by atoms with Crippen molar-refractivity contribution in [2.45, 2.75) is 13.8 Å².